The zero-order valence-electron chi connectivity index (χ0n) is 10.1. The van der Waals surface area contributed by atoms with Crippen molar-refractivity contribution in [2.75, 3.05) is 6.26 Å². The standard InChI is InChI=1S/C14H10ClNO2S/c1-19(17,18)12-4-2-3-11(8-12)13-7-10(9-16)5-6-14(13)15/h2-8H,1H3. The molecule has 0 amide bonds. The number of hydrogen-bond acceptors (Lipinski definition) is 3. The van der Waals surface area contributed by atoms with Crippen molar-refractivity contribution in [3.8, 4) is 17.2 Å². The van der Waals surface area contributed by atoms with Gasteiger partial charge in [0.2, 0.25) is 0 Å². The summed E-state index contributed by atoms with van der Waals surface area (Å²) in [5, 5.41) is 9.37. The molecule has 0 aliphatic heterocycles. The highest BCUT2D eigenvalue weighted by Crippen LogP contribution is 2.30. The van der Waals surface area contributed by atoms with Gasteiger partial charge in [-0.2, -0.15) is 5.26 Å². The summed E-state index contributed by atoms with van der Waals surface area (Å²) >= 11 is 6.10. The first kappa shape index (κ1) is 13.6. The Bertz CT molecular complexity index is 776. The van der Waals surface area contributed by atoms with Crippen LogP contribution in [0.15, 0.2) is 47.4 Å². The van der Waals surface area contributed by atoms with Crippen molar-refractivity contribution >= 4 is 21.4 Å². The van der Waals surface area contributed by atoms with Gasteiger partial charge in [0.25, 0.3) is 0 Å². The summed E-state index contributed by atoms with van der Waals surface area (Å²) in [6, 6.07) is 13.4. The first-order chi connectivity index (χ1) is 8.91. The number of sulfone groups is 1. The quantitative estimate of drug-likeness (QED) is 0.853. The Morgan fingerprint density at radius 2 is 1.89 bits per heavy atom. The Morgan fingerprint density at radius 1 is 1.16 bits per heavy atom. The molecule has 0 radical (unpaired) electrons. The molecule has 0 aliphatic rings. The number of rotatable bonds is 2. The fourth-order valence-corrected chi connectivity index (χ4v) is 2.60. The van der Waals surface area contributed by atoms with Gasteiger partial charge in [0.1, 0.15) is 0 Å². The van der Waals surface area contributed by atoms with Gasteiger partial charge in [0, 0.05) is 16.8 Å². The predicted molar refractivity (Wildman–Crippen MR) is 74.7 cm³/mol. The smallest absolute Gasteiger partial charge is 0.175 e. The molecule has 0 spiro atoms. The van der Waals surface area contributed by atoms with Gasteiger partial charge >= 0.3 is 0 Å². The first-order valence-electron chi connectivity index (χ1n) is 5.42. The van der Waals surface area contributed by atoms with Gasteiger partial charge in [-0.05, 0) is 35.9 Å². The minimum atomic E-state index is -3.27. The average molecular weight is 292 g/mol. The van der Waals surface area contributed by atoms with Crippen molar-refractivity contribution in [3.05, 3.63) is 53.1 Å². The topological polar surface area (TPSA) is 57.9 Å². The number of halogens is 1. The van der Waals surface area contributed by atoms with E-state index in [-0.39, 0.29) is 4.90 Å². The fraction of sp³-hybridized carbons (Fsp3) is 0.0714. The van der Waals surface area contributed by atoms with E-state index in [1.54, 1.807) is 36.4 Å². The molecule has 0 atom stereocenters. The van der Waals surface area contributed by atoms with Gasteiger partial charge in [-0.25, -0.2) is 8.42 Å². The third-order valence-corrected chi connectivity index (χ3v) is 4.11. The molecule has 96 valence electrons. The lowest BCUT2D eigenvalue weighted by Crippen LogP contribution is -1.97. The van der Waals surface area contributed by atoms with E-state index in [9.17, 15) is 8.42 Å². The molecule has 19 heavy (non-hydrogen) atoms. The molecular formula is C14H10ClNO2S. The van der Waals surface area contributed by atoms with E-state index in [4.69, 9.17) is 16.9 Å². The number of nitriles is 1. The third kappa shape index (κ3) is 2.95. The summed E-state index contributed by atoms with van der Waals surface area (Å²) in [7, 11) is -3.27. The molecule has 0 aliphatic carbocycles. The van der Waals surface area contributed by atoms with Gasteiger partial charge in [-0.1, -0.05) is 23.7 Å². The Labute approximate surface area is 117 Å². The minimum Gasteiger partial charge on any atom is -0.224 e. The van der Waals surface area contributed by atoms with Crippen LogP contribution in [0.3, 0.4) is 0 Å². The predicted octanol–water partition coefficient (Wildman–Crippen LogP) is 3.28. The van der Waals surface area contributed by atoms with Crippen LogP contribution in [0.25, 0.3) is 11.1 Å². The molecule has 0 fully saturated rings. The van der Waals surface area contributed by atoms with Crippen molar-refractivity contribution in [1.29, 1.82) is 5.26 Å². The summed E-state index contributed by atoms with van der Waals surface area (Å²) in [5.74, 6) is 0. The van der Waals surface area contributed by atoms with Crippen LogP contribution >= 0.6 is 11.6 Å². The van der Waals surface area contributed by atoms with Gasteiger partial charge < -0.3 is 0 Å². The molecular weight excluding hydrogens is 282 g/mol. The fourth-order valence-electron chi connectivity index (χ4n) is 1.71. The van der Waals surface area contributed by atoms with Gasteiger partial charge in [0.05, 0.1) is 16.5 Å². The van der Waals surface area contributed by atoms with Crippen LogP contribution in [0, 0.1) is 11.3 Å². The van der Waals surface area contributed by atoms with E-state index in [1.807, 2.05) is 6.07 Å². The second kappa shape index (κ2) is 5.04. The summed E-state index contributed by atoms with van der Waals surface area (Å²) in [5.41, 5.74) is 1.79. The van der Waals surface area contributed by atoms with Crippen molar-refractivity contribution in [2.45, 2.75) is 4.90 Å². The Hall–Kier alpha value is -1.83. The van der Waals surface area contributed by atoms with Crippen molar-refractivity contribution in [3.63, 3.8) is 0 Å². The molecule has 2 aromatic carbocycles. The van der Waals surface area contributed by atoms with Crippen LogP contribution in [0.4, 0.5) is 0 Å². The maximum Gasteiger partial charge on any atom is 0.175 e. The molecule has 5 heteroatoms. The average Bonchev–Trinajstić information content (AvgIpc) is 2.38. The monoisotopic (exact) mass is 291 g/mol. The summed E-state index contributed by atoms with van der Waals surface area (Å²) in [4.78, 5) is 0.225. The lowest BCUT2D eigenvalue weighted by molar-refractivity contribution is 0.602. The van der Waals surface area contributed by atoms with Crippen LogP contribution in [-0.4, -0.2) is 14.7 Å². The third-order valence-electron chi connectivity index (χ3n) is 2.67. The van der Waals surface area contributed by atoms with Gasteiger partial charge in [-0.15, -0.1) is 0 Å². The van der Waals surface area contributed by atoms with Gasteiger partial charge in [-0.3, -0.25) is 0 Å². The lowest BCUT2D eigenvalue weighted by Gasteiger charge is -2.07. The number of benzene rings is 2. The lowest BCUT2D eigenvalue weighted by atomic mass is 10.0. The molecule has 0 unspecified atom stereocenters. The Morgan fingerprint density at radius 3 is 2.53 bits per heavy atom. The van der Waals surface area contributed by atoms with Crippen LogP contribution in [-0.2, 0) is 9.84 Å². The Kier molecular flexibility index (Phi) is 3.61. The van der Waals surface area contributed by atoms with E-state index in [2.05, 4.69) is 0 Å². The molecule has 0 heterocycles. The second-order valence-corrected chi connectivity index (χ2v) is 6.53. The van der Waals surface area contributed by atoms with Crippen LogP contribution in [0.5, 0.6) is 0 Å². The van der Waals surface area contributed by atoms with Crippen LogP contribution < -0.4 is 0 Å². The molecule has 0 bridgehead atoms. The van der Waals surface area contributed by atoms with E-state index in [0.29, 0.717) is 21.7 Å². The molecule has 0 saturated heterocycles. The highest BCUT2D eigenvalue weighted by Gasteiger charge is 2.10. The molecule has 2 rings (SSSR count). The summed E-state index contributed by atoms with van der Waals surface area (Å²) < 4.78 is 23.1. The molecule has 0 aromatic heterocycles. The normalized spacial score (nSPS) is 11.0. The van der Waals surface area contributed by atoms with E-state index < -0.39 is 9.84 Å². The zero-order valence-corrected chi connectivity index (χ0v) is 11.7. The van der Waals surface area contributed by atoms with E-state index in [0.717, 1.165) is 6.26 Å². The van der Waals surface area contributed by atoms with Crippen LogP contribution in [0.1, 0.15) is 5.56 Å². The largest absolute Gasteiger partial charge is 0.224 e. The number of hydrogen-bond donors (Lipinski definition) is 0. The second-order valence-electron chi connectivity index (χ2n) is 4.11. The maximum atomic E-state index is 11.5. The first-order valence-corrected chi connectivity index (χ1v) is 7.69. The van der Waals surface area contributed by atoms with Crippen molar-refractivity contribution < 1.29 is 8.42 Å². The molecule has 2 aromatic rings. The highest BCUT2D eigenvalue weighted by molar-refractivity contribution is 7.90. The summed E-state index contributed by atoms with van der Waals surface area (Å²) in [6.07, 6.45) is 1.15. The SMILES string of the molecule is CS(=O)(=O)c1cccc(-c2cc(C#N)ccc2Cl)c1. The van der Waals surface area contributed by atoms with Crippen LogP contribution in [0.2, 0.25) is 5.02 Å². The number of nitrogens with zero attached hydrogens (tertiary/aromatic N) is 1. The summed E-state index contributed by atoms with van der Waals surface area (Å²) in [6.45, 7) is 0. The zero-order chi connectivity index (χ0) is 14.0. The van der Waals surface area contributed by atoms with E-state index >= 15 is 0 Å². The highest BCUT2D eigenvalue weighted by atomic mass is 35.5. The molecule has 0 saturated carbocycles. The maximum absolute atomic E-state index is 11.5. The van der Waals surface area contributed by atoms with Gasteiger partial charge in [0.15, 0.2) is 9.84 Å². The Balaban J connectivity index is 2.63. The van der Waals surface area contributed by atoms with Crippen molar-refractivity contribution in [1.82, 2.24) is 0 Å². The van der Waals surface area contributed by atoms with E-state index in [1.165, 1.54) is 6.07 Å². The molecule has 3 nitrogen and oxygen atoms in total. The minimum absolute atomic E-state index is 0.225. The van der Waals surface area contributed by atoms with Crippen molar-refractivity contribution in [2.24, 2.45) is 0 Å². The molecule has 0 N–H and O–H groups in total.